The van der Waals surface area contributed by atoms with Gasteiger partial charge >= 0.3 is 0 Å². The van der Waals surface area contributed by atoms with E-state index in [0.717, 1.165) is 31.6 Å². The normalized spacial score (nSPS) is 19.6. The number of nitriles is 1. The van der Waals surface area contributed by atoms with Gasteiger partial charge in [-0.05, 0) is 51.4 Å². The van der Waals surface area contributed by atoms with Crippen LogP contribution in [0.2, 0.25) is 0 Å². The minimum Gasteiger partial charge on any atom is -0.484 e. The molecule has 1 atom stereocenters. The molecule has 34 heavy (non-hydrogen) atoms. The van der Waals surface area contributed by atoms with Gasteiger partial charge in [0.1, 0.15) is 35.0 Å². The molecule has 1 saturated heterocycles. The van der Waals surface area contributed by atoms with E-state index in [1.165, 1.54) is 18.3 Å². The summed E-state index contributed by atoms with van der Waals surface area (Å²) < 4.78 is 28.4. The molecule has 0 unspecified atom stereocenters. The number of nitrogens with two attached hydrogens (primary N) is 1. The van der Waals surface area contributed by atoms with Gasteiger partial charge in [-0.2, -0.15) is 10.4 Å². The molecule has 3 aromatic rings. The first kappa shape index (κ1) is 22.1. The van der Waals surface area contributed by atoms with Gasteiger partial charge in [0, 0.05) is 25.7 Å². The molecular weight excluding hydrogens is 437 g/mol. The highest BCUT2D eigenvalue weighted by molar-refractivity contribution is 5.69. The van der Waals surface area contributed by atoms with Crippen LogP contribution >= 0.6 is 0 Å². The minimum atomic E-state index is -0.612. The summed E-state index contributed by atoms with van der Waals surface area (Å²) in [5, 5.41) is 14.4. The number of benzene rings is 1. The standard InChI is InChI=1S/C24H26FN7O2/c1-14-16-9-15(25)6-7-20(16)34-24(12-31(2)13-24)8-4-5-17-21(19(10-26)32(3)30-17)18-11-28-22(27)23(29-18)33-14/h6-7,9,11,14H,4-5,8,12-13H2,1-3H3,(H2,27,28)/t14-/m1/s1. The largest absolute Gasteiger partial charge is 0.484 e. The van der Waals surface area contributed by atoms with Crippen molar-refractivity contribution in [2.45, 2.75) is 37.9 Å². The third-order valence-corrected chi connectivity index (χ3v) is 6.44. The molecule has 0 saturated carbocycles. The number of ether oxygens (including phenoxy) is 2. The van der Waals surface area contributed by atoms with Crippen molar-refractivity contribution in [2.75, 3.05) is 25.9 Å². The summed E-state index contributed by atoms with van der Waals surface area (Å²) in [6.07, 6.45) is 3.12. The molecule has 2 aromatic heterocycles. The third-order valence-electron chi connectivity index (χ3n) is 6.44. The topological polar surface area (TPSA) is 115 Å². The average Bonchev–Trinajstić information content (AvgIpc) is 3.09. The molecule has 4 heterocycles. The number of likely N-dealkylation sites (N-methyl/N-ethyl adjacent to an activating group) is 1. The Kier molecular flexibility index (Phi) is 5.37. The van der Waals surface area contributed by atoms with Crippen molar-refractivity contribution >= 4 is 5.82 Å². The molecule has 1 aromatic carbocycles. The molecule has 2 aliphatic rings. The maximum atomic E-state index is 14.2. The van der Waals surface area contributed by atoms with Crippen LogP contribution in [0.15, 0.2) is 24.4 Å². The Morgan fingerprint density at radius 1 is 1.29 bits per heavy atom. The lowest BCUT2D eigenvalue weighted by atomic mass is 9.87. The van der Waals surface area contributed by atoms with Crippen molar-refractivity contribution in [1.82, 2.24) is 24.6 Å². The van der Waals surface area contributed by atoms with Crippen molar-refractivity contribution in [3.8, 4) is 29.0 Å². The van der Waals surface area contributed by atoms with Crippen molar-refractivity contribution in [1.29, 1.82) is 5.26 Å². The van der Waals surface area contributed by atoms with Gasteiger partial charge in [-0.1, -0.05) is 0 Å². The SMILES string of the molecule is C[C@H]1Oc2nc(cnc2N)-c2c(nn(C)c2C#N)CCCC2(CN(C)C2)Oc2ccc(F)cc21. The van der Waals surface area contributed by atoms with Crippen LogP contribution in [0.4, 0.5) is 10.2 Å². The molecule has 0 radical (unpaired) electrons. The summed E-state index contributed by atoms with van der Waals surface area (Å²) in [7, 11) is 3.78. The number of anilines is 1. The lowest BCUT2D eigenvalue weighted by molar-refractivity contribution is -0.0723. The van der Waals surface area contributed by atoms with Gasteiger partial charge in [-0.3, -0.25) is 9.58 Å². The Morgan fingerprint density at radius 3 is 2.82 bits per heavy atom. The van der Waals surface area contributed by atoms with Gasteiger partial charge in [0.05, 0.1) is 23.1 Å². The molecule has 5 rings (SSSR count). The number of hydrogen-bond donors (Lipinski definition) is 1. The van der Waals surface area contributed by atoms with Gasteiger partial charge in [-0.15, -0.1) is 0 Å². The Labute approximate surface area is 196 Å². The Morgan fingerprint density at radius 2 is 2.09 bits per heavy atom. The lowest BCUT2D eigenvalue weighted by Crippen LogP contribution is -2.63. The summed E-state index contributed by atoms with van der Waals surface area (Å²) in [5.41, 5.74) is 8.48. The monoisotopic (exact) mass is 463 g/mol. The number of nitrogens with zero attached hydrogens (tertiary/aromatic N) is 6. The first-order valence-corrected chi connectivity index (χ1v) is 11.2. The number of halogens is 1. The number of aromatic nitrogens is 4. The van der Waals surface area contributed by atoms with Crippen LogP contribution in [0.25, 0.3) is 11.3 Å². The van der Waals surface area contributed by atoms with Crippen molar-refractivity contribution in [3.63, 3.8) is 0 Å². The first-order valence-electron chi connectivity index (χ1n) is 11.2. The molecule has 1 spiro atoms. The number of aryl methyl sites for hydroxylation is 2. The van der Waals surface area contributed by atoms with Gasteiger partial charge in [0.15, 0.2) is 5.82 Å². The summed E-state index contributed by atoms with van der Waals surface area (Å²) in [6.45, 7) is 3.31. The Balaban J connectivity index is 1.64. The maximum absolute atomic E-state index is 14.2. The van der Waals surface area contributed by atoms with E-state index in [-0.39, 0.29) is 17.5 Å². The number of hydrogen-bond acceptors (Lipinski definition) is 8. The summed E-state index contributed by atoms with van der Waals surface area (Å²) in [4.78, 5) is 11.0. The molecule has 2 N–H and O–H groups in total. The average molecular weight is 464 g/mol. The highest BCUT2D eigenvalue weighted by atomic mass is 19.1. The van der Waals surface area contributed by atoms with Crippen LogP contribution < -0.4 is 15.2 Å². The van der Waals surface area contributed by atoms with Crippen molar-refractivity contribution < 1.29 is 13.9 Å². The molecular formula is C24H26FN7O2. The number of nitrogen functional groups attached to an aromatic ring is 1. The van der Waals surface area contributed by atoms with Crippen LogP contribution in [-0.2, 0) is 13.5 Å². The Bertz CT molecular complexity index is 1290. The van der Waals surface area contributed by atoms with E-state index in [9.17, 15) is 9.65 Å². The second-order valence-corrected chi connectivity index (χ2v) is 9.10. The second kappa shape index (κ2) is 8.25. The van der Waals surface area contributed by atoms with Gasteiger partial charge in [-0.25, -0.2) is 14.4 Å². The van der Waals surface area contributed by atoms with Crippen LogP contribution in [-0.4, -0.2) is 50.4 Å². The zero-order valence-corrected chi connectivity index (χ0v) is 19.4. The van der Waals surface area contributed by atoms with Crippen molar-refractivity contribution in [3.05, 3.63) is 47.2 Å². The highest BCUT2D eigenvalue weighted by Gasteiger charge is 2.43. The van der Waals surface area contributed by atoms with Gasteiger partial charge in [0.2, 0.25) is 0 Å². The molecule has 1 fully saturated rings. The van der Waals surface area contributed by atoms with Gasteiger partial charge < -0.3 is 15.2 Å². The molecule has 2 bridgehead atoms. The first-order chi connectivity index (χ1) is 16.3. The summed E-state index contributed by atoms with van der Waals surface area (Å²) in [5.74, 6) is 0.397. The smallest absolute Gasteiger partial charge is 0.258 e. The van der Waals surface area contributed by atoms with E-state index >= 15 is 0 Å². The quantitative estimate of drug-likeness (QED) is 0.541. The van der Waals surface area contributed by atoms with E-state index in [4.69, 9.17) is 15.2 Å². The lowest BCUT2D eigenvalue weighted by Gasteiger charge is -2.48. The molecule has 0 aliphatic carbocycles. The zero-order chi connectivity index (χ0) is 24.0. The predicted octanol–water partition coefficient (Wildman–Crippen LogP) is 3.01. The second-order valence-electron chi connectivity index (χ2n) is 9.10. The van der Waals surface area contributed by atoms with E-state index < -0.39 is 11.7 Å². The highest BCUT2D eigenvalue weighted by Crippen LogP contribution is 2.38. The fraction of sp³-hybridized carbons (Fsp3) is 0.417. The molecule has 2 aliphatic heterocycles. The Hall–Kier alpha value is -3.71. The zero-order valence-electron chi connectivity index (χ0n) is 19.4. The van der Waals surface area contributed by atoms with Crippen LogP contribution in [0.1, 0.15) is 42.8 Å². The van der Waals surface area contributed by atoms with Crippen molar-refractivity contribution in [2.24, 2.45) is 7.05 Å². The fourth-order valence-corrected chi connectivity index (χ4v) is 4.92. The number of fused-ring (bicyclic) bond motifs is 5. The maximum Gasteiger partial charge on any atom is 0.258 e. The fourth-order valence-electron chi connectivity index (χ4n) is 4.92. The summed E-state index contributed by atoms with van der Waals surface area (Å²) in [6, 6.07) is 6.68. The van der Waals surface area contributed by atoms with Crippen LogP contribution in [0, 0.1) is 17.1 Å². The molecule has 176 valence electrons. The molecule has 9 nitrogen and oxygen atoms in total. The van der Waals surface area contributed by atoms with E-state index in [1.807, 2.05) is 7.05 Å². The van der Waals surface area contributed by atoms with E-state index in [0.29, 0.717) is 34.7 Å². The summed E-state index contributed by atoms with van der Waals surface area (Å²) >= 11 is 0. The van der Waals surface area contributed by atoms with Crippen LogP contribution in [0.5, 0.6) is 11.6 Å². The van der Waals surface area contributed by atoms with Crippen LogP contribution in [0.3, 0.4) is 0 Å². The third kappa shape index (κ3) is 3.82. The molecule has 10 heteroatoms. The van der Waals surface area contributed by atoms with Gasteiger partial charge in [0.25, 0.3) is 5.88 Å². The minimum absolute atomic E-state index is 0.0996. The van der Waals surface area contributed by atoms with E-state index in [1.54, 1.807) is 24.7 Å². The predicted molar refractivity (Wildman–Crippen MR) is 123 cm³/mol. The number of rotatable bonds is 0. The van der Waals surface area contributed by atoms with E-state index in [2.05, 4.69) is 26.0 Å². The number of likely N-dealkylation sites (tertiary alicyclic amines) is 1. The molecule has 0 amide bonds.